The van der Waals surface area contributed by atoms with Crippen LogP contribution >= 0.6 is 0 Å². The number of amides is 2. The van der Waals surface area contributed by atoms with Gasteiger partial charge in [-0.3, -0.25) is 19.7 Å². The summed E-state index contributed by atoms with van der Waals surface area (Å²) in [6, 6.07) is 9.98. The summed E-state index contributed by atoms with van der Waals surface area (Å²) in [5.74, 6) is -0.991. The summed E-state index contributed by atoms with van der Waals surface area (Å²) >= 11 is 0. The standard InChI is InChI=1S/C18H19N3O5/c1-2-13-3-5-14(6-4-13)17(22)19-9-11-20(12-10-19)18(23)15-7-8-16(26-15)21(24)25/h3-8H,2,9-12H2,1H3. The number of aryl methyl sites for hydroxylation is 1. The van der Waals surface area contributed by atoms with E-state index in [0.29, 0.717) is 31.7 Å². The molecular formula is C18H19N3O5. The highest BCUT2D eigenvalue weighted by Crippen LogP contribution is 2.18. The third-order valence-corrected chi connectivity index (χ3v) is 4.45. The number of piperazine rings is 1. The molecule has 0 bridgehead atoms. The second-order valence-corrected chi connectivity index (χ2v) is 6.03. The van der Waals surface area contributed by atoms with Gasteiger partial charge in [-0.05, 0) is 30.2 Å². The van der Waals surface area contributed by atoms with Gasteiger partial charge in [-0.25, -0.2) is 0 Å². The van der Waals surface area contributed by atoms with Gasteiger partial charge in [-0.15, -0.1) is 0 Å². The van der Waals surface area contributed by atoms with Gasteiger partial charge in [0.05, 0.1) is 6.07 Å². The fourth-order valence-electron chi connectivity index (χ4n) is 2.87. The lowest BCUT2D eigenvalue weighted by Crippen LogP contribution is -2.50. The van der Waals surface area contributed by atoms with Crippen LogP contribution in [-0.4, -0.2) is 52.7 Å². The Morgan fingerprint density at radius 3 is 2.08 bits per heavy atom. The average Bonchev–Trinajstić information content (AvgIpc) is 3.17. The van der Waals surface area contributed by atoms with Crippen LogP contribution < -0.4 is 0 Å². The maximum atomic E-state index is 12.6. The molecule has 0 unspecified atom stereocenters. The molecule has 1 aliphatic heterocycles. The van der Waals surface area contributed by atoms with E-state index < -0.39 is 16.7 Å². The molecule has 0 spiro atoms. The predicted octanol–water partition coefficient (Wildman–Crippen LogP) is 2.35. The van der Waals surface area contributed by atoms with Crippen LogP contribution in [0, 0.1) is 10.1 Å². The van der Waals surface area contributed by atoms with Gasteiger partial charge in [0.2, 0.25) is 0 Å². The lowest BCUT2D eigenvalue weighted by atomic mass is 10.1. The first kappa shape index (κ1) is 17.7. The van der Waals surface area contributed by atoms with E-state index in [9.17, 15) is 19.7 Å². The number of hydrogen-bond donors (Lipinski definition) is 0. The number of rotatable bonds is 4. The summed E-state index contributed by atoms with van der Waals surface area (Å²) < 4.78 is 4.95. The topological polar surface area (TPSA) is 96.9 Å². The first-order valence-corrected chi connectivity index (χ1v) is 8.41. The van der Waals surface area contributed by atoms with Crippen LogP contribution in [0.1, 0.15) is 33.4 Å². The van der Waals surface area contributed by atoms with Crippen LogP contribution in [0.25, 0.3) is 0 Å². The lowest BCUT2D eigenvalue weighted by molar-refractivity contribution is -0.402. The zero-order valence-electron chi connectivity index (χ0n) is 14.4. The quantitative estimate of drug-likeness (QED) is 0.618. The van der Waals surface area contributed by atoms with Gasteiger partial charge >= 0.3 is 5.88 Å². The van der Waals surface area contributed by atoms with Gasteiger partial charge in [0.15, 0.2) is 5.76 Å². The van der Waals surface area contributed by atoms with Crippen LogP contribution in [0.4, 0.5) is 5.88 Å². The number of benzene rings is 1. The first-order chi connectivity index (χ1) is 12.5. The molecule has 0 radical (unpaired) electrons. The Morgan fingerprint density at radius 2 is 1.58 bits per heavy atom. The van der Waals surface area contributed by atoms with Crippen molar-refractivity contribution in [2.75, 3.05) is 26.2 Å². The highest BCUT2D eigenvalue weighted by Gasteiger charge is 2.28. The van der Waals surface area contributed by atoms with Gasteiger partial charge in [0, 0.05) is 31.7 Å². The number of furan rings is 1. The van der Waals surface area contributed by atoms with Crippen molar-refractivity contribution in [3.63, 3.8) is 0 Å². The third-order valence-electron chi connectivity index (χ3n) is 4.45. The van der Waals surface area contributed by atoms with Gasteiger partial charge in [-0.2, -0.15) is 0 Å². The van der Waals surface area contributed by atoms with Crippen LogP contribution in [0.15, 0.2) is 40.8 Å². The molecule has 8 heteroatoms. The Labute approximate surface area is 150 Å². The first-order valence-electron chi connectivity index (χ1n) is 8.41. The molecule has 1 aliphatic rings. The second kappa shape index (κ2) is 7.38. The molecule has 2 amide bonds. The van der Waals surface area contributed by atoms with Crippen molar-refractivity contribution in [3.8, 4) is 0 Å². The highest BCUT2D eigenvalue weighted by molar-refractivity contribution is 5.95. The highest BCUT2D eigenvalue weighted by atomic mass is 16.6. The number of carbonyl (C=O) groups excluding carboxylic acids is 2. The lowest BCUT2D eigenvalue weighted by Gasteiger charge is -2.34. The zero-order chi connectivity index (χ0) is 18.7. The maximum absolute atomic E-state index is 12.6. The summed E-state index contributed by atoms with van der Waals surface area (Å²) in [5, 5.41) is 10.6. The van der Waals surface area contributed by atoms with Crippen molar-refractivity contribution in [2.45, 2.75) is 13.3 Å². The fraction of sp³-hybridized carbons (Fsp3) is 0.333. The SMILES string of the molecule is CCc1ccc(C(=O)N2CCN(C(=O)c3ccc([N+](=O)[O-])o3)CC2)cc1. The van der Waals surface area contributed by atoms with Gasteiger partial charge in [0.25, 0.3) is 11.8 Å². The molecule has 0 N–H and O–H groups in total. The van der Waals surface area contributed by atoms with E-state index in [-0.39, 0.29) is 11.7 Å². The molecule has 8 nitrogen and oxygen atoms in total. The van der Waals surface area contributed by atoms with Crippen LogP contribution in [0.3, 0.4) is 0 Å². The number of nitrogens with zero attached hydrogens (tertiary/aromatic N) is 3. The van der Waals surface area contributed by atoms with Gasteiger partial charge in [0.1, 0.15) is 4.92 Å². The largest absolute Gasteiger partial charge is 0.433 e. The molecule has 0 aliphatic carbocycles. The Balaban J connectivity index is 1.60. The van der Waals surface area contributed by atoms with E-state index in [0.717, 1.165) is 12.5 Å². The van der Waals surface area contributed by atoms with E-state index in [1.807, 2.05) is 24.3 Å². The summed E-state index contributed by atoms with van der Waals surface area (Å²) in [6.07, 6.45) is 0.917. The second-order valence-electron chi connectivity index (χ2n) is 6.03. The minimum Gasteiger partial charge on any atom is -0.395 e. The Hall–Kier alpha value is -3.16. The van der Waals surface area contributed by atoms with Crippen molar-refractivity contribution in [3.05, 3.63) is 63.4 Å². The minimum absolute atomic E-state index is 0.0617. The smallest absolute Gasteiger partial charge is 0.395 e. The molecular weight excluding hydrogens is 338 g/mol. The Kier molecular flexibility index (Phi) is 5.01. The number of nitro groups is 1. The maximum Gasteiger partial charge on any atom is 0.433 e. The average molecular weight is 357 g/mol. The van der Waals surface area contributed by atoms with E-state index in [1.54, 1.807) is 4.90 Å². The number of hydrogen-bond acceptors (Lipinski definition) is 5. The summed E-state index contributed by atoms with van der Waals surface area (Å²) in [7, 11) is 0. The van der Waals surface area contributed by atoms with Gasteiger partial charge < -0.3 is 14.2 Å². The molecule has 1 aromatic carbocycles. The summed E-state index contributed by atoms with van der Waals surface area (Å²) in [4.78, 5) is 38.1. The molecule has 2 heterocycles. The predicted molar refractivity (Wildman–Crippen MR) is 93.0 cm³/mol. The molecule has 26 heavy (non-hydrogen) atoms. The summed E-state index contributed by atoms with van der Waals surface area (Å²) in [6.45, 7) is 3.57. The number of carbonyl (C=O) groups is 2. The Bertz CT molecular complexity index is 820. The van der Waals surface area contributed by atoms with Crippen molar-refractivity contribution >= 4 is 17.7 Å². The van der Waals surface area contributed by atoms with Crippen molar-refractivity contribution in [1.29, 1.82) is 0 Å². The molecule has 2 aromatic rings. The third kappa shape index (κ3) is 3.58. The molecule has 1 fully saturated rings. The van der Waals surface area contributed by atoms with Crippen molar-refractivity contribution in [1.82, 2.24) is 9.80 Å². The van der Waals surface area contributed by atoms with Crippen LogP contribution in [0.2, 0.25) is 0 Å². The van der Waals surface area contributed by atoms with E-state index >= 15 is 0 Å². The van der Waals surface area contributed by atoms with E-state index in [2.05, 4.69) is 6.92 Å². The molecule has 136 valence electrons. The monoisotopic (exact) mass is 357 g/mol. The van der Waals surface area contributed by atoms with E-state index in [1.165, 1.54) is 16.5 Å². The minimum atomic E-state index is -0.683. The zero-order valence-corrected chi connectivity index (χ0v) is 14.4. The molecule has 1 aromatic heterocycles. The van der Waals surface area contributed by atoms with E-state index in [4.69, 9.17) is 4.42 Å². The molecule has 3 rings (SSSR count). The molecule has 0 saturated carbocycles. The molecule has 0 atom stereocenters. The molecule has 1 saturated heterocycles. The fourth-order valence-corrected chi connectivity index (χ4v) is 2.87. The van der Waals surface area contributed by atoms with Crippen LogP contribution in [-0.2, 0) is 6.42 Å². The van der Waals surface area contributed by atoms with Crippen LogP contribution in [0.5, 0.6) is 0 Å². The van der Waals surface area contributed by atoms with Crippen molar-refractivity contribution < 1.29 is 18.9 Å². The van der Waals surface area contributed by atoms with Crippen molar-refractivity contribution in [2.24, 2.45) is 0 Å². The Morgan fingerprint density at radius 1 is 1.00 bits per heavy atom. The normalized spacial score (nSPS) is 14.3. The van der Waals surface area contributed by atoms with Gasteiger partial charge in [-0.1, -0.05) is 19.1 Å². The summed E-state index contributed by atoms with van der Waals surface area (Å²) in [5.41, 5.74) is 1.80.